The summed E-state index contributed by atoms with van der Waals surface area (Å²) in [4.78, 5) is 0. The Morgan fingerprint density at radius 3 is 2.08 bits per heavy atom. The van der Waals surface area contributed by atoms with Crippen LogP contribution in [0.25, 0.3) is 0 Å². The van der Waals surface area contributed by atoms with Crippen LogP contribution in [0.4, 0.5) is 0 Å². The Kier molecular flexibility index (Phi) is 4.11. The molecule has 0 rings (SSSR count). The highest BCUT2D eigenvalue weighted by Crippen LogP contribution is 1.90. The van der Waals surface area contributed by atoms with Crippen molar-refractivity contribution in [1.29, 1.82) is 0 Å². The molecule has 12 heavy (non-hydrogen) atoms. The molecular weight excluding hydrogens is 206 g/mol. The van der Waals surface area contributed by atoms with E-state index in [1.54, 1.807) is 0 Å². The zero-order valence-corrected chi connectivity index (χ0v) is 7.90. The molecule has 2 N–H and O–H groups in total. The van der Waals surface area contributed by atoms with Gasteiger partial charge in [-0.3, -0.25) is 4.18 Å². The molecule has 0 aliphatic heterocycles. The Hall–Kier alpha value is -0.180. The van der Waals surface area contributed by atoms with Crippen molar-refractivity contribution in [3.05, 3.63) is 6.92 Å². The minimum Gasteiger partial charge on any atom is -0.257 e. The Labute approximate surface area is 71.9 Å². The van der Waals surface area contributed by atoms with Crippen molar-refractivity contribution >= 4 is 20.1 Å². The van der Waals surface area contributed by atoms with E-state index < -0.39 is 32.5 Å². The van der Waals surface area contributed by atoms with Gasteiger partial charge >= 0.3 is 10.3 Å². The van der Waals surface area contributed by atoms with E-state index >= 15 is 0 Å². The molecule has 0 aliphatic rings. The number of nitrogens with two attached hydrogens (primary N) is 1. The summed E-state index contributed by atoms with van der Waals surface area (Å²) in [5.74, 6) is -0.687. The number of hydrogen-bond donors (Lipinski definition) is 1. The molecule has 0 fully saturated rings. The van der Waals surface area contributed by atoms with Crippen LogP contribution in [-0.4, -0.2) is 34.9 Å². The molecule has 1 radical (unpaired) electrons. The van der Waals surface area contributed by atoms with Gasteiger partial charge < -0.3 is 0 Å². The van der Waals surface area contributed by atoms with Crippen LogP contribution in [-0.2, 0) is 24.3 Å². The standard InChI is InChI=1S/C4H10NO5S2/c1-2-11(6,7)4-3-10-12(5,8)9/h1-4H2,(H2,5,8,9). The number of rotatable bonds is 5. The lowest BCUT2D eigenvalue weighted by molar-refractivity contribution is 0.339. The first-order chi connectivity index (χ1) is 5.27. The summed E-state index contributed by atoms with van der Waals surface area (Å²) in [6.07, 6.45) is 0. The highest BCUT2D eigenvalue weighted by atomic mass is 32.2. The molecule has 0 aromatic heterocycles. The fourth-order valence-electron chi connectivity index (χ4n) is 0.379. The first-order valence-electron chi connectivity index (χ1n) is 2.94. The van der Waals surface area contributed by atoms with Crippen LogP contribution in [0.1, 0.15) is 0 Å². The van der Waals surface area contributed by atoms with Crippen molar-refractivity contribution in [3.63, 3.8) is 0 Å². The summed E-state index contributed by atoms with van der Waals surface area (Å²) in [6.45, 7) is 2.69. The normalized spacial score (nSPS) is 13.2. The van der Waals surface area contributed by atoms with E-state index in [2.05, 4.69) is 16.2 Å². The fraction of sp³-hybridized carbons (Fsp3) is 0.750. The summed E-state index contributed by atoms with van der Waals surface area (Å²) >= 11 is 0. The summed E-state index contributed by atoms with van der Waals surface area (Å²) in [5.41, 5.74) is 0. The van der Waals surface area contributed by atoms with Crippen molar-refractivity contribution in [3.8, 4) is 0 Å². The maximum Gasteiger partial charge on any atom is 0.333 e. The van der Waals surface area contributed by atoms with Crippen molar-refractivity contribution < 1.29 is 21.0 Å². The Bertz CT molecular complexity index is 315. The first kappa shape index (κ1) is 11.8. The summed E-state index contributed by atoms with van der Waals surface area (Å²) in [7, 11) is -7.34. The predicted molar refractivity (Wildman–Crippen MR) is 43.1 cm³/mol. The number of hydrogen-bond acceptors (Lipinski definition) is 5. The van der Waals surface area contributed by atoms with Gasteiger partial charge in [0.2, 0.25) is 0 Å². The Morgan fingerprint density at radius 1 is 1.25 bits per heavy atom. The molecule has 0 heterocycles. The maximum atomic E-state index is 10.7. The zero-order chi connectivity index (χ0) is 9.83. The summed E-state index contributed by atoms with van der Waals surface area (Å²) in [6, 6.07) is 0. The van der Waals surface area contributed by atoms with Gasteiger partial charge in [0, 0.05) is 0 Å². The second-order valence-corrected chi connectivity index (χ2v) is 5.49. The van der Waals surface area contributed by atoms with Gasteiger partial charge in [0.05, 0.1) is 18.1 Å². The fourth-order valence-corrected chi connectivity index (χ4v) is 1.34. The van der Waals surface area contributed by atoms with E-state index in [0.29, 0.717) is 0 Å². The van der Waals surface area contributed by atoms with E-state index in [1.165, 1.54) is 0 Å². The second-order valence-electron chi connectivity index (χ2n) is 1.97. The SMILES string of the molecule is [CH2]CS(=O)(=O)CCOS(N)(=O)=O. The molecule has 8 heteroatoms. The van der Waals surface area contributed by atoms with E-state index in [1.807, 2.05) is 0 Å². The highest BCUT2D eigenvalue weighted by molar-refractivity contribution is 7.91. The molecule has 0 aromatic carbocycles. The molecule has 0 aliphatic carbocycles. The lowest BCUT2D eigenvalue weighted by Crippen LogP contribution is -2.21. The van der Waals surface area contributed by atoms with Crippen LogP contribution in [0.15, 0.2) is 0 Å². The van der Waals surface area contributed by atoms with Gasteiger partial charge in [-0.25, -0.2) is 13.6 Å². The van der Waals surface area contributed by atoms with Crippen molar-refractivity contribution in [2.45, 2.75) is 0 Å². The van der Waals surface area contributed by atoms with Gasteiger partial charge in [-0.1, -0.05) is 0 Å². The summed E-state index contributed by atoms with van der Waals surface area (Å²) in [5, 5.41) is 4.45. The largest absolute Gasteiger partial charge is 0.333 e. The maximum absolute atomic E-state index is 10.7. The van der Waals surface area contributed by atoms with Crippen LogP contribution in [0.3, 0.4) is 0 Å². The van der Waals surface area contributed by atoms with Gasteiger partial charge in [0.25, 0.3) is 0 Å². The third-order valence-corrected chi connectivity index (χ3v) is 2.86. The van der Waals surface area contributed by atoms with Crippen molar-refractivity contribution in [2.24, 2.45) is 5.14 Å². The van der Waals surface area contributed by atoms with Crippen molar-refractivity contribution in [1.82, 2.24) is 0 Å². The quantitative estimate of drug-likeness (QED) is 0.599. The van der Waals surface area contributed by atoms with Crippen LogP contribution in [0.2, 0.25) is 0 Å². The predicted octanol–water partition coefficient (Wildman–Crippen LogP) is -1.54. The van der Waals surface area contributed by atoms with Crippen molar-refractivity contribution in [2.75, 3.05) is 18.1 Å². The highest BCUT2D eigenvalue weighted by Gasteiger charge is 2.09. The molecule has 0 saturated heterocycles. The first-order valence-corrected chi connectivity index (χ1v) is 6.23. The number of sulfone groups is 1. The molecule has 0 atom stereocenters. The third kappa shape index (κ3) is 6.53. The average molecular weight is 216 g/mol. The van der Waals surface area contributed by atoms with Gasteiger partial charge in [0.1, 0.15) is 0 Å². The van der Waals surface area contributed by atoms with Crippen LogP contribution in [0, 0.1) is 6.92 Å². The molecule has 0 aromatic rings. The lowest BCUT2D eigenvalue weighted by Gasteiger charge is -2.00. The average Bonchev–Trinajstić information content (AvgIpc) is 1.84. The topological polar surface area (TPSA) is 104 Å². The molecule has 73 valence electrons. The Morgan fingerprint density at radius 2 is 1.75 bits per heavy atom. The minimum atomic E-state index is -4.04. The van der Waals surface area contributed by atoms with E-state index in [4.69, 9.17) is 0 Å². The molecule has 0 saturated carbocycles. The zero-order valence-electron chi connectivity index (χ0n) is 6.26. The smallest absolute Gasteiger partial charge is 0.257 e. The van der Waals surface area contributed by atoms with E-state index in [0.717, 1.165) is 0 Å². The van der Waals surface area contributed by atoms with Crippen LogP contribution >= 0.6 is 0 Å². The van der Waals surface area contributed by atoms with Gasteiger partial charge in [-0.2, -0.15) is 8.42 Å². The van der Waals surface area contributed by atoms with E-state index in [-0.39, 0.29) is 5.75 Å². The van der Waals surface area contributed by atoms with Gasteiger partial charge in [0.15, 0.2) is 9.84 Å². The van der Waals surface area contributed by atoms with Crippen LogP contribution in [0.5, 0.6) is 0 Å². The lowest BCUT2D eigenvalue weighted by atomic mass is 10.9. The van der Waals surface area contributed by atoms with Crippen LogP contribution < -0.4 is 5.14 Å². The molecule has 0 spiro atoms. The second kappa shape index (κ2) is 4.17. The molecule has 0 amide bonds. The van der Waals surface area contributed by atoms with Gasteiger partial charge in [-0.15, -0.1) is 0 Å². The molecule has 0 bridgehead atoms. The third-order valence-electron chi connectivity index (χ3n) is 0.953. The molecular formula is C4H10NO5S2. The molecule has 6 nitrogen and oxygen atoms in total. The van der Waals surface area contributed by atoms with E-state index in [9.17, 15) is 16.8 Å². The monoisotopic (exact) mass is 216 g/mol. The summed E-state index contributed by atoms with van der Waals surface area (Å²) < 4.78 is 45.7. The van der Waals surface area contributed by atoms with Gasteiger partial charge in [-0.05, 0) is 6.92 Å². The molecule has 0 unspecified atom stereocenters. The minimum absolute atomic E-state index is 0.291. The Balaban J connectivity index is 3.89.